The van der Waals surface area contributed by atoms with E-state index in [1.807, 2.05) is 0 Å². The van der Waals surface area contributed by atoms with Gasteiger partial charge in [0, 0.05) is 6.04 Å². The molecule has 1 aliphatic carbocycles. The highest BCUT2D eigenvalue weighted by Gasteiger charge is 2.32. The van der Waals surface area contributed by atoms with Crippen molar-refractivity contribution in [1.29, 1.82) is 0 Å². The van der Waals surface area contributed by atoms with E-state index in [4.69, 9.17) is 0 Å². The summed E-state index contributed by atoms with van der Waals surface area (Å²) in [6.45, 7) is 1.18. The van der Waals surface area contributed by atoms with Crippen molar-refractivity contribution in [3.63, 3.8) is 0 Å². The lowest BCUT2D eigenvalue weighted by atomic mass is 9.80. The maximum Gasteiger partial charge on any atom is 0.0723 e. The number of piperidine rings is 1. The SMILES string of the molecule is CN1CCCCC1C(O)C1CCCCC1. The van der Waals surface area contributed by atoms with Crippen molar-refractivity contribution in [3.05, 3.63) is 0 Å². The summed E-state index contributed by atoms with van der Waals surface area (Å²) in [4.78, 5) is 2.38. The van der Waals surface area contributed by atoms with Gasteiger partial charge in [-0.3, -0.25) is 0 Å². The average Bonchev–Trinajstić information content (AvgIpc) is 2.30. The number of likely N-dealkylation sites (tertiary alicyclic amines) is 1. The van der Waals surface area contributed by atoms with Gasteiger partial charge < -0.3 is 10.0 Å². The highest BCUT2D eigenvalue weighted by Crippen LogP contribution is 2.31. The molecule has 0 spiro atoms. The molecule has 2 atom stereocenters. The lowest BCUT2D eigenvalue weighted by molar-refractivity contribution is -0.00761. The Bertz CT molecular complexity index is 189. The number of hydrogen-bond acceptors (Lipinski definition) is 2. The van der Waals surface area contributed by atoms with Crippen LogP contribution < -0.4 is 0 Å². The quantitative estimate of drug-likeness (QED) is 0.758. The number of nitrogens with zero attached hydrogens (tertiary/aromatic N) is 1. The highest BCUT2D eigenvalue weighted by molar-refractivity contribution is 4.86. The molecule has 2 nitrogen and oxygen atoms in total. The third-order valence-corrected chi connectivity index (χ3v) is 4.35. The maximum absolute atomic E-state index is 10.4. The fourth-order valence-corrected chi connectivity index (χ4v) is 3.32. The van der Waals surface area contributed by atoms with E-state index in [-0.39, 0.29) is 6.10 Å². The van der Waals surface area contributed by atoms with Gasteiger partial charge in [0.15, 0.2) is 0 Å². The van der Waals surface area contributed by atoms with Crippen molar-refractivity contribution in [2.45, 2.75) is 63.5 Å². The summed E-state index contributed by atoms with van der Waals surface area (Å²) in [5.74, 6) is 0.587. The van der Waals surface area contributed by atoms with Crippen LogP contribution in [0.3, 0.4) is 0 Å². The van der Waals surface area contributed by atoms with Crippen LogP contribution in [0.4, 0.5) is 0 Å². The Balaban J connectivity index is 1.89. The van der Waals surface area contributed by atoms with Crippen LogP contribution in [0.1, 0.15) is 51.4 Å². The molecule has 0 amide bonds. The van der Waals surface area contributed by atoms with Crippen LogP contribution in [0.15, 0.2) is 0 Å². The minimum atomic E-state index is -0.0596. The Morgan fingerprint density at radius 3 is 2.33 bits per heavy atom. The zero-order valence-electron chi connectivity index (χ0n) is 9.99. The Morgan fingerprint density at radius 2 is 1.67 bits per heavy atom. The third kappa shape index (κ3) is 2.73. The minimum absolute atomic E-state index is 0.0596. The normalized spacial score (nSPS) is 32.8. The fourth-order valence-electron chi connectivity index (χ4n) is 3.32. The van der Waals surface area contributed by atoms with E-state index in [9.17, 15) is 5.11 Å². The molecule has 0 aromatic carbocycles. The molecule has 1 saturated carbocycles. The third-order valence-electron chi connectivity index (χ3n) is 4.35. The highest BCUT2D eigenvalue weighted by atomic mass is 16.3. The van der Waals surface area contributed by atoms with Crippen molar-refractivity contribution in [1.82, 2.24) is 4.90 Å². The molecule has 2 rings (SSSR count). The molecule has 1 saturated heterocycles. The monoisotopic (exact) mass is 211 g/mol. The molecule has 2 heteroatoms. The second-order valence-corrected chi connectivity index (χ2v) is 5.43. The van der Waals surface area contributed by atoms with Gasteiger partial charge in [0.05, 0.1) is 6.10 Å². The van der Waals surface area contributed by atoms with Gasteiger partial charge in [0.2, 0.25) is 0 Å². The van der Waals surface area contributed by atoms with Crippen LogP contribution in [-0.2, 0) is 0 Å². The minimum Gasteiger partial charge on any atom is -0.391 e. The van der Waals surface area contributed by atoms with Crippen molar-refractivity contribution < 1.29 is 5.11 Å². The van der Waals surface area contributed by atoms with Gasteiger partial charge in [-0.1, -0.05) is 25.7 Å². The lowest BCUT2D eigenvalue weighted by Gasteiger charge is -2.40. The van der Waals surface area contributed by atoms with Gasteiger partial charge >= 0.3 is 0 Å². The molecule has 88 valence electrons. The predicted molar refractivity (Wildman–Crippen MR) is 62.9 cm³/mol. The molecule has 0 aromatic heterocycles. The molecular weight excluding hydrogens is 186 g/mol. The average molecular weight is 211 g/mol. The standard InChI is InChI=1S/C13H25NO/c1-14-10-6-5-9-12(14)13(15)11-7-3-2-4-8-11/h11-13,15H,2-10H2,1H3. The summed E-state index contributed by atoms with van der Waals surface area (Å²) < 4.78 is 0. The molecule has 1 N–H and O–H groups in total. The molecule has 1 aliphatic heterocycles. The molecule has 0 radical (unpaired) electrons. The second-order valence-electron chi connectivity index (χ2n) is 5.43. The first-order valence-corrected chi connectivity index (χ1v) is 6.67. The summed E-state index contributed by atoms with van der Waals surface area (Å²) in [6, 6.07) is 0.446. The summed E-state index contributed by atoms with van der Waals surface area (Å²) in [5.41, 5.74) is 0. The predicted octanol–water partition coefficient (Wildman–Crippen LogP) is 2.41. The Labute approximate surface area is 93.7 Å². The second kappa shape index (κ2) is 5.31. The van der Waals surface area contributed by atoms with Crippen LogP contribution in [0.5, 0.6) is 0 Å². The van der Waals surface area contributed by atoms with E-state index in [0.717, 1.165) is 0 Å². The van der Waals surface area contributed by atoms with Crippen LogP contribution in [0, 0.1) is 5.92 Å². The van der Waals surface area contributed by atoms with Crippen molar-refractivity contribution in [2.75, 3.05) is 13.6 Å². The van der Waals surface area contributed by atoms with Crippen molar-refractivity contribution >= 4 is 0 Å². The molecule has 2 fully saturated rings. The zero-order valence-corrected chi connectivity index (χ0v) is 9.99. The lowest BCUT2D eigenvalue weighted by Crippen LogP contribution is -2.47. The van der Waals surface area contributed by atoms with Gasteiger partial charge in [-0.25, -0.2) is 0 Å². The van der Waals surface area contributed by atoms with Gasteiger partial charge in [-0.15, -0.1) is 0 Å². The van der Waals surface area contributed by atoms with E-state index < -0.39 is 0 Å². The molecule has 1 heterocycles. The number of aliphatic hydroxyl groups excluding tert-OH is 1. The van der Waals surface area contributed by atoms with Crippen molar-refractivity contribution in [3.8, 4) is 0 Å². The molecule has 2 unspecified atom stereocenters. The summed E-state index contributed by atoms with van der Waals surface area (Å²) in [7, 11) is 2.18. The van der Waals surface area contributed by atoms with Gasteiger partial charge in [-0.05, 0) is 45.2 Å². The molecular formula is C13H25NO. The first-order chi connectivity index (χ1) is 7.29. The maximum atomic E-state index is 10.4. The van der Waals surface area contributed by atoms with Crippen LogP contribution in [0.2, 0.25) is 0 Å². The van der Waals surface area contributed by atoms with E-state index in [2.05, 4.69) is 11.9 Å². The summed E-state index contributed by atoms with van der Waals surface area (Å²) in [5, 5.41) is 10.4. The first-order valence-electron chi connectivity index (χ1n) is 6.67. The Kier molecular flexibility index (Phi) is 4.04. The van der Waals surface area contributed by atoms with Gasteiger partial charge in [-0.2, -0.15) is 0 Å². The topological polar surface area (TPSA) is 23.5 Å². The van der Waals surface area contributed by atoms with Crippen LogP contribution in [-0.4, -0.2) is 35.7 Å². The van der Waals surface area contributed by atoms with Crippen molar-refractivity contribution in [2.24, 2.45) is 5.92 Å². The molecule has 2 aliphatic rings. The molecule has 0 aromatic rings. The molecule has 15 heavy (non-hydrogen) atoms. The van der Waals surface area contributed by atoms with Gasteiger partial charge in [0.25, 0.3) is 0 Å². The Morgan fingerprint density at radius 1 is 1.00 bits per heavy atom. The van der Waals surface area contributed by atoms with E-state index >= 15 is 0 Å². The van der Waals surface area contributed by atoms with E-state index in [0.29, 0.717) is 12.0 Å². The smallest absolute Gasteiger partial charge is 0.0723 e. The number of aliphatic hydroxyl groups is 1. The largest absolute Gasteiger partial charge is 0.391 e. The van der Waals surface area contributed by atoms with E-state index in [1.165, 1.54) is 57.9 Å². The van der Waals surface area contributed by atoms with Gasteiger partial charge in [0.1, 0.15) is 0 Å². The summed E-state index contributed by atoms with van der Waals surface area (Å²) >= 11 is 0. The summed E-state index contributed by atoms with van der Waals surface area (Å²) in [6.07, 6.45) is 10.3. The zero-order chi connectivity index (χ0) is 10.7. The fraction of sp³-hybridized carbons (Fsp3) is 1.00. The van der Waals surface area contributed by atoms with E-state index in [1.54, 1.807) is 0 Å². The number of rotatable bonds is 2. The van der Waals surface area contributed by atoms with Crippen LogP contribution in [0.25, 0.3) is 0 Å². The molecule has 0 bridgehead atoms. The first kappa shape index (κ1) is 11.4. The number of likely N-dealkylation sites (N-methyl/N-ethyl adjacent to an activating group) is 1. The Hall–Kier alpha value is -0.0800. The van der Waals surface area contributed by atoms with Crippen LogP contribution >= 0.6 is 0 Å². The number of hydrogen-bond donors (Lipinski definition) is 1.